The predicted molar refractivity (Wildman–Crippen MR) is 92.3 cm³/mol. The van der Waals surface area contributed by atoms with Crippen molar-refractivity contribution in [1.82, 2.24) is 0 Å². The van der Waals surface area contributed by atoms with Crippen LogP contribution in [-0.2, 0) is 12.8 Å². The minimum atomic E-state index is 1.00. The van der Waals surface area contributed by atoms with Gasteiger partial charge in [0.15, 0.2) is 0 Å². The maximum atomic E-state index is 4.50. The van der Waals surface area contributed by atoms with E-state index in [-0.39, 0.29) is 0 Å². The maximum Gasteiger partial charge on any atom is 0.0413 e. The monoisotopic (exact) mass is 282 g/mol. The number of hydrogen-bond acceptors (Lipinski definition) is 2. The number of para-hydroxylation sites is 1. The molecule has 0 aromatic heterocycles. The van der Waals surface area contributed by atoms with Gasteiger partial charge in [0.2, 0.25) is 0 Å². The molecule has 0 unspecified atom stereocenters. The molecular weight excluding hydrogens is 256 g/mol. The summed E-state index contributed by atoms with van der Waals surface area (Å²) in [5.41, 5.74) is 10.2. The van der Waals surface area contributed by atoms with Gasteiger partial charge in [-0.2, -0.15) is 0 Å². The molecule has 2 nitrogen and oxygen atoms in total. The fourth-order valence-corrected chi connectivity index (χ4v) is 3.01. The fourth-order valence-electron chi connectivity index (χ4n) is 3.01. The third kappa shape index (κ3) is 3.64. The average molecular weight is 282 g/mol. The Bertz CT molecular complexity index is 549. The SMILES string of the molecule is CCN(c1ccccc1)c1ccc2c(c1)CCCC2.CN. The Morgan fingerprint density at radius 2 is 1.52 bits per heavy atom. The Morgan fingerprint density at radius 3 is 2.19 bits per heavy atom. The second kappa shape index (κ2) is 7.84. The van der Waals surface area contributed by atoms with Crippen LogP contribution in [0.4, 0.5) is 11.4 Å². The van der Waals surface area contributed by atoms with Gasteiger partial charge in [-0.1, -0.05) is 24.3 Å². The smallest absolute Gasteiger partial charge is 0.0413 e. The molecule has 0 saturated carbocycles. The zero-order valence-electron chi connectivity index (χ0n) is 13.2. The Morgan fingerprint density at radius 1 is 0.857 bits per heavy atom. The highest BCUT2D eigenvalue weighted by molar-refractivity contribution is 5.64. The normalized spacial score (nSPS) is 12.9. The zero-order valence-corrected chi connectivity index (χ0v) is 13.2. The molecule has 1 aliphatic carbocycles. The molecule has 0 spiro atoms. The van der Waals surface area contributed by atoms with Crippen LogP contribution in [0.25, 0.3) is 0 Å². The van der Waals surface area contributed by atoms with Crippen molar-refractivity contribution in [3.05, 3.63) is 59.7 Å². The molecule has 0 fully saturated rings. The molecule has 0 amide bonds. The molecule has 0 aliphatic heterocycles. The summed E-state index contributed by atoms with van der Waals surface area (Å²) in [4.78, 5) is 2.38. The molecule has 2 aromatic rings. The first-order chi connectivity index (χ1) is 10.4. The third-order valence-corrected chi connectivity index (χ3v) is 4.03. The van der Waals surface area contributed by atoms with Crippen LogP contribution < -0.4 is 10.6 Å². The summed E-state index contributed by atoms with van der Waals surface area (Å²) < 4.78 is 0. The Balaban J connectivity index is 0.000000774. The van der Waals surface area contributed by atoms with Crippen LogP contribution in [0.1, 0.15) is 30.9 Å². The Labute approximate surface area is 128 Å². The minimum Gasteiger partial charge on any atom is -0.342 e. The van der Waals surface area contributed by atoms with Crippen LogP contribution in [-0.4, -0.2) is 13.6 Å². The third-order valence-electron chi connectivity index (χ3n) is 4.03. The van der Waals surface area contributed by atoms with E-state index in [9.17, 15) is 0 Å². The summed E-state index contributed by atoms with van der Waals surface area (Å²) in [6, 6.07) is 17.7. The first kappa shape index (κ1) is 15.6. The molecule has 112 valence electrons. The molecule has 1 aliphatic rings. The van der Waals surface area contributed by atoms with Crippen molar-refractivity contribution in [2.45, 2.75) is 32.6 Å². The minimum absolute atomic E-state index is 1.00. The molecule has 21 heavy (non-hydrogen) atoms. The van der Waals surface area contributed by atoms with Crippen molar-refractivity contribution >= 4 is 11.4 Å². The van der Waals surface area contributed by atoms with E-state index in [0.29, 0.717) is 0 Å². The number of hydrogen-bond donors (Lipinski definition) is 1. The van der Waals surface area contributed by atoms with Crippen molar-refractivity contribution in [3.63, 3.8) is 0 Å². The highest BCUT2D eigenvalue weighted by atomic mass is 15.1. The first-order valence-corrected chi connectivity index (χ1v) is 7.90. The molecule has 2 N–H and O–H groups in total. The van der Waals surface area contributed by atoms with Crippen LogP contribution in [0, 0.1) is 0 Å². The van der Waals surface area contributed by atoms with Gasteiger partial charge in [0.25, 0.3) is 0 Å². The van der Waals surface area contributed by atoms with Gasteiger partial charge in [-0.15, -0.1) is 0 Å². The summed E-state index contributed by atoms with van der Waals surface area (Å²) >= 11 is 0. The summed E-state index contributed by atoms with van der Waals surface area (Å²) in [5, 5.41) is 0. The number of fused-ring (bicyclic) bond motifs is 1. The largest absolute Gasteiger partial charge is 0.342 e. The number of nitrogens with two attached hydrogens (primary N) is 1. The van der Waals surface area contributed by atoms with E-state index in [4.69, 9.17) is 0 Å². The van der Waals surface area contributed by atoms with Crippen LogP contribution >= 0.6 is 0 Å². The van der Waals surface area contributed by atoms with Crippen LogP contribution in [0.2, 0.25) is 0 Å². The van der Waals surface area contributed by atoms with Gasteiger partial charge in [0.1, 0.15) is 0 Å². The molecular formula is C19H26N2. The number of nitrogens with zero attached hydrogens (tertiary/aromatic N) is 1. The number of benzene rings is 2. The Kier molecular flexibility index (Phi) is 5.82. The van der Waals surface area contributed by atoms with Gasteiger partial charge in [-0.3, -0.25) is 0 Å². The lowest BCUT2D eigenvalue weighted by Gasteiger charge is -2.25. The van der Waals surface area contributed by atoms with E-state index < -0.39 is 0 Å². The highest BCUT2D eigenvalue weighted by Gasteiger charge is 2.12. The predicted octanol–water partition coefficient (Wildman–Crippen LogP) is 4.30. The molecule has 0 bridgehead atoms. The second-order valence-corrected chi connectivity index (χ2v) is 5.24. The maximum absolute atomic E-state index is 4.50. The van der Waals surface area contributed by atoms with E-state index in [2.05, 4.69) is 66.1 Å². The summed E-state index contributed by atoms with van der Waals surface area (Å²) in [7, 11) is 1.50. The number of aryl methyl sites for hydroxylation is 2. The van der Waals surface area contributed by atoms with Gasteiger partial charge in [0.05, 0.1) is 0 Å². The van der Waals surface area contributed by atoms with E-state index in [1.54, 1.807) is 11.1 Å². The molecule has 0 saturated heterocycles. The van der Waals surface area contributed by atoms with E-state index in [1.807, 2.05) is 0 Å². The van der Waals surface area contributed by atoms with Gasteiger partial charge >= 0.3 is 0 Å². The molecule has 0 radical (unpaired) electrons. The first-order valence-electron chi connectivity index (χ1n) is 7.90. The van der Waals surface area contributed by atoms with Crippen molar-refractivity contribution in [2.75, 3.05) is 18.5 Å². The fraction of sp³-hybridized carbons (Fsp3) is 0.368. The number of rotatable bonds is 3. The Hall–Kier alpha value is -1.80. The topological polar surface area (TPSA) is 29.3 Å². The lowest BCUT2D eigenvalue weighted by molar-refractivity contribution is 0.685. The van der Waals surface area contributed by atoms with E-state index >= 15 is 0 Å². The lowest BCUT2D eigenvalue weighted by Crippen LogP contribution is -2.16. The molecule has 0 heterocycles. The lowest BCUT2D eigenvalue weighted by atomic mass is 9.91. The van der Waals surface area contributed by atoms with Gasteiger partial charge in [-0.25, -0.2) is 0 Å². The summed E-state index contributed by atoms with van der Waals surface area (Å²) in [6.07, 6.45) is 5.19. The van der Waals surface area contributed by atoms with Gasteiger partial charge in [0, 0.05) is 17.9 Å². The number of anilines is 2. The summed E-state index contributed by atoms with van der Waals surface area (Å²) in [5.74, 6) is 0. The van der Waals surface area contributed by atoms with Crippen molar-refractivity contribution in [2.24, 2.45) is 5.73 Å². The molecule has 2 aromatic carbocycles. The van der Waals surface area contributed by atoms with Gasteiger partial charge < -0.3 is 10.6 Å². The molecule has 3 rings (SSSR count). The standard InChI is InChI=1S/C18H21N.CH5N/c1-2-19(17-10-4-3-5-11-17)18-13-12-15-8-6-7-9-16(15)14-18;1-2/h3-5,10-14H,2,6-9H2,1H3;2H2,1H3. The molecule has 2 heteroatoms. The van der Waals surface area contributed by atoms with Crippen LogP contribution in [0.15, 0.2) is 48.5 Å². The second-order valence-electron chi connectivity index (χ2n) is 5.24. The van der Waals surface area contributed by atoms with E-state index in [1.165, 1.54) is 44.1 Å². The van der Waals surface area contributed by atoms with Crippen LogP contribution in [0.5, 0.6) is 0 Å². The summed E-state index contributed by atoms with van der Waals surface area (Å²) in [6.45, 7) is 3.22. The van der Waals surface area contributed by atoms with Gasteiger partial charge in [-0.05, 0) is 75.0 Å². The van der Waals surface area contributed by atoms with Crippen LogP contribution in [0.3, 0.4) is 0 Å². The van der Waals surface area contributed by atoms with Crippen molar-refractivity contribution in [1.29, 1.82) is 0 Å². The van der Waals surface area contributed by atoms with E-state index in [0.717, 1.165) is 6.54 Å². The molecule has 0 atom stereocenters. The van der Waals surface area contributed by atoms with Crippen molar-refractivity contribution < 1.29 is 0 Å². The highest BCUT2D eigenvalue weighted by Crippen LogP contribution is 2.30. The van der Waals surface area contributed by atoms with Crippen molar-refractivity contribution in [3.8, 4) is 0 Å². The quantitative estimate of drug-likeness (QED) is 0.909. The zero-order chi connectivity index (χ0) is 15.1. The average Bonchev–Trinajstić information content (AvgIpc) is 2.58.